The van der Waals surface area contributed by atoms with Crippen LogP contribution >= 0.6 is 0 Å². The molecule has 1 aliphatic heterocycles. The zero-order chi connectivity index (χ0) is 20.6. The zero-order valence-electron chi connectivity index (χ0n) is 15.8. The van der Waals surface area contributed by atoms with E-state index in [1.54, 1.807) is 30.3 Å². The van der Waals surface area contributed by atoms with E-state index in [1.165, 1.54) is 23.1 Å². The molecule has 2 amide bonds. The summed E-state index contributed by atoms with van der Waals surface area (Å²) in [5.41, 5.74) is 0.463. The first-order valence-electron chi connectivity index (χ1n) is 9.39. The minimum absolute atomic E-state index is 0.101. The van der Waals surface area contributed by atoms with Crippen LogP contribution in [0.15, 0.2) is 48.5 Å². The van der Waals surface area contributed by atoms with E-state index in [-0.39, 0.29) is 16.9 Å². The Morgan fingerprint density at radius 3 is 2.48 bits per heavy atom. The summed E-state index contributed by atoms with van der Waals surface area (Å²) in [6, 6.07) is 12.3. The first kappa shape index (κ1) is 20.4. The second-order valence-electron chi connectivity index (χ2n) is 6.68. The Bertz CT molecular complexity index is 882. The predicted molar refractivity (Wildman–Crippen MR) is 106 cm³/mol. The third-order valence-electron chi connectivity index (χ3n) is 4.71. The molecule has 0 unspecified atom stereocenters. The average molecular weight is 399 g/mol. The smallest absolute Gasteiger partial charge is 0.271 e. The number of quaternary nitrogens is 1. The molecule has 0 aromatic heterocycles. The third-order valence-corrected chi connectivity index (χ3v) is 4.71. The molecule has 0 aliphatic carbocycles. The summed E-state index contributed by atoms with van der Waals surface area (Å²) in [4.78, 5) is 37.0. The Hall–Kier alpha value is -3.30. The fourth-order valence-corrected chi connectivity index (χ4v) is 3.09. The fraction of sp³-hybridized carbons (Fsp3) is 0.300. The van der Waals surface area contributed by atoms with Crippen LogP contribution in [0.2, 0.25) is 0 Å². The topological polar surface area (TPSA) is 115 Å². The van der Waals surface area contributed by atoms with E-state index in [0.717, 1.165) is 19.6 Å². The first-order chi connectivity index (χ1) is 14.0. The summed E-state index contributed by atoms with van der Waals surface area (Å²) in [5, 5.41) is 16.6. The van der Waals surface area contributed by atoms with Crippen LogP contribution in [0.5, 0.6) is 0 Å². The highest BCUT2D eigenvalue weighted by atomic mass is 16.6. The van der Waals surface area contributed by atoms with Crippen LogP contribution in [0.4, 0.5) is 11.4 Å². The van der Waals surface area contributed by atoms with Crippen LogP contribution in [0.1, 0.15) is 20.7 Å². The second kappa shape index (κ2) is 9.76. The molecule has 0 saturated carbocycles. The Morgan fingerprint density at radius 1 is 1.07 bits per heavy atom. The molecule has 9 nitrogen and oxygen atoms in total. The van der Waals surface area contributed by atoms with Gasteiger partial charge in [-0.3, -0.25) is 19.7 Å². The van der Waals surface area contributed by atoms with Crippen molar-refractivity contribution in [2.45, 2.75) is 0 Å². The minimum Gasteiger partial charge on any atom is -0.370 e. The molecule has 2 aromatic rings. The lowest BCUT2D eigenvalue weighted by Gasteiger charge is -2.23. The molecular formula is C20H23N4O5+. The highest BCUT2D eigenvalue weighted by Crippen LogP contribution is 2.23. The van der Waals surface area contributed by atoms with E-state index >= 15 is 0 Å². The number of carbonyl (C=O) groups excluding carboxylic acids is 2. The van der Waals surface area contributed by atoms with Crippen molar-refractivity contribution in [3.8, 4) is 0 Å². The molecule has 3 N–H and O–H groups in total. The summed E-state index contributed by atoms with van der Waals surface area (Å²) in [7, 11) is 0. The predicted octanol–water partition coefficient (Wildman–Crippen LogP) is 0.492. The van der Waals surface area contributed by atoms with Crippen LogP contribution in [0.25, 0.3) is 0 Å². The fourth-order valence-electron chi connectivity index (χ4n) is 3.09. The molecule has 0 bridgehead atoms. The molecule has 0 radical (unpaired) electrons. The maximum absolute atomic E-state index is 12.6. The lowest BCUT2D eigenvalue weighted by Crippen LogP contribution is -3.14. The number of hydrogen-bond donors (Lipinski definition) is 3. The summed E-state index contributed by atoms with van der Waals surface area (Å²) < 4.78 is 5.31. The number of nitro groups is 1. The van der Waals surface area contributed by atoms with Crippen LogP contribution in [0, 0.1) is 10.1 Å². The van der Waals surface area contributed by atoms with Crippen molar-refractivity contribution < 1.29 is 24.1 Å². The number of rotatable bonds is 7. The number of hydrogen-bond acceptors (Lipinski definition) is 5. The number of carbonyl (C=O) groups is 2. The van der Waals surface area contributed by atoms with Crippen molar-refractivity contribution in [1.82, 2.24) is 5.32 Å². The molecule has 1 fully saturated rings. The summed E-state index contributed by atoms with van der Waals surface area (Å²) in [5.74, 6) is -0.839. The molecular weight excluding hydrogens is 376 g/mol. The van der Waals surface area contributed by atoms with E-state index in [1.807, 2.05) is 0 Å². The van der Waals surface area contributed by atoms with Gasteiger partial charge in [-0.2, -0.15) is 0 Å². The van der Waals surface area contributed by atoms with Gasteiger partial charge in [-0.1, -0.05) is 18.2 Å². The number of benzene rings is 2. The van der Waals surface area contributed by atoms with Gasteiger partial charge in [-0.15, -0.1) is 0 Å². The molecule has 29 heavy (non-hydrogen) atoms. The third kappa shape index (κ3) is 5.59. The van der Waals surface area contributed by atoms with Crippen molar-refractivity contribution in [1.29, 1.82) is 0 Å². The Labute approximate surface area is 167 Å². The van der Waals surface area contributed by atoms with E-state index in [9.17, 15) is 19.7 Å². The molecule has 1 aliphatic rings. The molecule has 1 heterocycles. The van der Waals surface area contributed by atoms with Crippen LogP contribution in [-0.2, 0) is 4.74 Å². The number of nitrogens with one attached hydrogen (secondary N) is 3. The lowest BCUT2D eigenvalue weighted by molar-refractivity contribution is -0.906. The van der Waals surface area contributed by atoms with Crippen LogP contribution in [-0.4, -0.2) is 56.1 Å². The van der Waals surface area contributed by atoms with E-state index in [2.05, 4.69) is 10.6 Å². The Kier molecular flexibility index (Phi) is 6.88. The van der Waals surface area contributed by atoms with Crippen molar-refractivity contribution >= 4 is 23.2 Å². The van der Waals surface area contributed by atoms with Crippen molar-refractivity contribution in [3.63, 3.8) is 0 Å². The van der Waals surface area contributed by atoms with Gasteiger partial charge in [-0.25, -0.2) is 0 Å². The van der Waals surface area contributed by atoms with E-state index < -0.39 is 16.7 Å². The minimum atomic E-state index is -0.568. The van der Waals surface area contributed by atoms with E-state index in [0.29, 0.717) is 25.3 Å². The van der Waals surface area contributed by atoms with E-state index in [4.69, 9.17) is 4.74 Å². The molecule has 3 rings (SSSR count). The maximum Gasteiger partial charge on any atom is 0.271 e. The number of amides is 2. The van der Waals surface area contributed by atoms with Gasteiger partial charge in [0.25, 0.3) is 17.5 Å². The second-order valence-corrected chi connectivity index (χ2v) is 6.68. The number of nitrogens with zero attached hydrogens (tertiary/aromatic N) is 1. The van der Waals surface area contributed by atoms with Gasteiger partial charge >= 0.3 is 0 Å². The molecule has 1 saturated heterocycles. The quantitative estimate of drug-likeness (QED) is 0.463. The SMILES string of the molecule is O=C(Nc1cc([N+](=O)[O-])ccc1C(=O)NCC[NH+]1CCOCC1)c1ccccc1. The highest BCUT2D eigenvalue weighted by molar-refractivity contribution is 6.09. The number of ether oxygens (including phenoxy) is 1. The largest absolute Gasteiger partial charge is 0.370 e. The average Bonchev–Trinajstić information content (AvgIpc) is 2.75. The van der Waals surface area contributed by atoms with Gasteiger partial charge in [0.15, 0.2) is 0 Å². The highest BCUT2D eigenvalue weighted by Gasteiger charge is 2.19. The molecule has 9 heteroatoms. The van der Waals surface area contributed by atoms with Crippen LogP contribution < -0.4 is 15.5 Å². The van der Waals surface area contributed by atoms with Crippen molar-refractivity contribution in [3.05, 3.63) is 69.8 Å². The first-order valence-corrected chi connectivity index (χ1v) is 9.39. The molecule has 0 spiro atoms. The Balaban J connectivity index is 1.71. The van der Waals surface area contributed by atoms with Crippen LogP contribution in [0.3, 0.4) is 0 Å². The molecule has 0 atom stereocenters. The standard InChI is InChI=1S/C20H22N4O5/c25-19(15-4-2-1-3-5-15)22-18-14-16(24(27)28)6-7-17(18)20(26)21-8-9-23-10-12-29-13-11-23/h1-7,14H,8-13H2,(H,21,26)(H,22,25)/p+1. The van der Waals surface area contributed by atoms with Gasteiger partial charge in [0.2, 0.25) is 0 Å². The molecule has 2 aromatic carbocycles. The number of non-ortho nitro benzene ring substituents is 1. The monoisotopic (exact) mass is 399 g/mol. The number of anilines is 1. The summed E-state index contributed by atoms with van der Waals surface area (Å²) in [6.45, 7) is 4.42. The van der Waals surface area contributed by atoms with Gasteiger partial charge < -0.3 is 20.3 Å². The van der Waals surface area contributed by atoms with Gasteiger partial charge in [0, 0.05) is 17.7 Å². The molecule has 152 valence electrons. The zero-order valence-corrected chi connectivity index (χ0v) is 15.8. The summed E-state index contributed by atoms with van der Waals surface area (Å²) >= 11 is 0. The lowest BCUT2D eigenvalue weighted by atomic mass is 10.1. The normalized spacial score (nSPS) is 14.2. The Morgan fingerprint density at radius 2 is 1.79 bits per heavy atom. The van der Waals surface area contributed by atoms with Crippen molar-refractivity contribution in [2.75, 3.05) is 44.7 Å². The maximum atomic E-state index is 12.6. The number of morpholine rings is 1. The van der Waals surface area contributed by atoms with Gasteiger partial charge in [-0.05, 0) is 18.2 Å². The summed E-state index contributed by atoms with van der Waals surface area (Å²) in [6.07, 6.45) is 0. The van der Waals surface area contributed by atoms with Gasteiger partial charge in [0.05, 0.1) is 42.5 Å². The van der Waals surface area contributed by atoms with Crippen molar-refractivity contribution in [2.24, 2.45) is 0 Å². The number of nitro benzene ring substituents is 1. The van der Waals surface area contributed by atoms with Gasteiger partial charge in [0.1, 0.15) is 13.1 Å².